The molecule has 0 heterocycles. The van der Waals surface area contributed by atoms with Gasteiger partial charge in [0.2, 0.25) is 21.8 Å². The van der Waals surface area contributed by atoms with Crippen molar-refractivity contribution in [3.05, 3.63) is 99.5 Å². The van der Waals surface area contributed by atoms with E-state index in [4.69, 9.17) is 23.2 Å². The summed E-state index contributed by atoms with van der Waals surface area (Å²) < 4.78 is 26.8. The van der Waals surface area contributed by atoms with Crippen molar-refractivity contribution in [1.82, 2.24) is 10.2 Å². The Morgan fingerprint density at radius 2 is 1.50 bits per heavy atom. The van der Waals surface area contributed by atoms with E-state index in [2.05, 4.69) is 5.32 Å². The van der Waals surface area contributed by atoms with Crippen LogP contribution in [0, 0.1) is 0 Å². The third kappa shape index (κ3) is 8.46. The van der Waals surface area contributed by atoms with Gasteiger partial charge in [-0.2, -0.15) is 0 Å². The molecule has 1 unspecified atom stereocenters. The van der Waals surface area contributed by atoms with E-state index < -0.39 is 28.5 Å². The average Bonchev–Trinajstić information content (AvgIpc) is 2.93. The number of amides is 2. The summed E-state index contributed by atoms with van der Waals surface area (Å²) in [6.45, 7) is 3.78. The number of hydrogen-bond acceptors (Lipinski definition) is 4. The molecule has 0 aliphatic rings. The molecule has 7 nitrogen and oxygen atoms in total. The van der Waals surface area contributed by atoms with Crippen LogP contribution in [0.3, 0.4) is 0 Å². The summed E-state index contributed by atoms with van der Waals surface area (Å²) in [6.07, 6.45) is 2.77. The van der Waals surface area contributed by atoms with Crippen LogP contribution in [-0.4, -0.2) is 50.5 Å². The molecule has 0 radical (unpaired) electrons. The van der Waals surface area contributed by atoms with Crippen LogP contribution < -0.4 is 9.62 Å². The van der Waals surface area contributed by atoms with Crippen LogP contribution in [0.25, 0.3) is 0 Å². The zero-order valence-corrected chi connectivity index (χ0v) is 25.3. The number of carbonyl (C=O) groups excluding carboxylic acids is 2. The van der Waals surface area contributed by atoms with Crippen molar-refractivity contribution < 1.29 is 18.0 Å². The number of carbonyl (C=O) groups is 2. The molecular weight excluding hydrogens is 569 g/mol. The van der Waals surface area contributed by atoms with E-state index in [0.717, 1.165) is 28.1 Å². The summed E-state index contributed by atoms with van der Waals surface area (Å²) in [7, 11) is -3.84. The Morgan fingerprint density at radius 3 is 2.05 bits per heavy atom. The van der Waals surface area contributed by atoms with E-state index in [9.17, 15) is 18.0 Å². The second-order valence-electron chi connectivity index (χ2n) is 9.51. The Hall–Kier alpha value is -3.07. The average molecular weight is 605 g/mol. The highest BCUT2D eigenvalue weighted by atomic mass is 35.5. The van der Waals surface area contributed by atoms with Gasteiger partial charge in [0.25, 0.3) is 0 Å². The van der Waals surface area contributed by atoms with Crippen LogP contribution in [0.5, 0.6) is 0 Å². The van der Waals surface area contributed by atoms with E-state index in [0.29, 0.717) is 34.3 Å². The molecule has 1 N–H and O–H groups in total. The van der Waals surface area contributed by atoms with Gasteiger partial charge >= 0.3 is 0 Å². The Balaban J connectivity index is 2.07. The van der Waals surface area contributed by atoms with E-state index >= 15 is 0 Å². The number of nitrogens with one attached hydrogen (secondary N) is 1. The summed E-state index contributed by atoms with van der Waals surface area (Å²) in [5.41, 5.74) is 2.71. The van der Waals surface area contributed by atoms with Gasteiger partial charge in [0.05, 0.1) is 11.9 Å². The quantitative estimate of drug-likeness (QED) is 0.280. The van der Waals surface area contributed by atoms with Crippen LogP contribution in [0.15, 0.2) is 72.8 Å². The zero-order chi connectivity index (χ0) is 29.3. The molecule has 214 valence electrons. The third-order valence-electron chi connectivity index (χ3n) is 6.52. The number of rotatable bonds is 13. The molecule has 0 fully saturated rings. The molecule has 3 rings (SSSR count). The lowest BCUT2D eigenvalue weighted by Crippen LogP contribution is -2.53. The predicted octanol–water partition coefficient (Wildman–Crippen LogP) is 5.49. The summed E-state index contributed by atoms with van der Waals surface area (Å²) in [5.74, 6) is -0.908. The number of halogens is 2. The fourth-order valence-corrected chi connectivity index (χ4v) is 5.65. The number of anilines is 1. The maximum Gasteiger partial charge on any atom is 0.244 e. The molecule has 1 atom stereocenters. The molecule has 0 saturated carbocycles. The van der Waals surface area contributed by atoms with Crippen LogP contribution in [0.4, 0.5) is 5.69 Å². The SMILES string of the molecule is CCCNC(=O)C(Cc1ccccc1)N(Cc1c(Cl)cccc1Cl)C(=O)CN(c1ccc(CC)cc1)S(C)(=O)=O. The molecule has 0 aliphatic carbocycles. The highest BCUT2D eigenvalue weighted by molar-refractivity contribution is 7.92. The molecule has 3 aromatic rings. The monoisotopic (exact) mass is 603 g/mol. The van der Waals surface area contributed by atoms with Gasteiger partial charge in [-0.1, -0.05) is 85.6 Å². The number of benzene rings is 3. The van der Waals surface area contributed by atoms with Gasteiger partial charge in [0, 0.05) is 35.1 Å². The minimum atomic E-state index is -3.84. The highest BCUT2D eigenvalue weighted by Gasteiger charge is 2.33. The number of hydrogen-bond donors (Lipinski definition) is 1. The summed E-state index contributed by atoms with van der Waals surface area (Å²) in [4.78, 5) is 29.0. The van der Waals surface area contributed by atoms with Crippen molar-refractivity contribution in [2.24, 2.45) is 0 Å². The molecule has 0 saturated heterocycles. The lowest BCUT2D eigenvalue weighted by atomic mass is 10.0. The smallest absolute Gasteiger partial charge is 0.244 e. The van der Waals surface area contributed by atoms with Gasteiger partial charge in [-0.3, -0.25) is 13.9 Å². The molecule has 10 heteroatoms. The van der Waals surface area contributed by atoms with E-state index in [1.807, 2.05) is 56.3 Å². The molecule has 3 aromatic carbocycles. The van der Waals surface area contributed by atoms with Crippen LogP contribution in [0.2, 0.25) is 10.0 Å². The molecule has 0 aromatic heterocycles. The Bertz CT molecular complexity index is 1380. The van der Waals surface area contributed by atoms with Gasteiger partial charge in [-0.05, 0) is 48.2 Å². The maximum atomic E-state index is 14.1. The Kier molecular flexibility index (Phi) is 11.4. The standard InChI is InChI=1S/C30H35Cl2N3O4S/c1-4-18-33-30(37)28(19-23-10-7-6-8-11-23)34(20-25-26(31)12-9-13-27(25)32)29(36)21-35(40(3,38)39)24-16-14-22(5-2)15-17-24/h6-17,28H,4-5,18-21H2,1-3H3,(H,33,37). The molecule has 0 aliphatic heterocycles. The molecule has 0 spiro atoms. The van der Waals surface area contributed by atoms with Crippen molar-refractivity contribution in [3.63, 3.8) is 0 Å². The molecular formula is C30H35Cl2N3O4S. The van der Waals surface area contributed by atoms with Gasteiger partial charge in [0.15, 0.2) is 0 Å². The van der Waals surface area contributed by atoms with E-state index in [-0.39, 0.29) is 18.9 Å². The van der Waals surface area contributed by atoms with Crippen LogP contribution >= 0.6 is 23.2 Å². The fourth-order valence-electron chi connectivity index (χ4n) is 4.29. The number of sulfonamides is 1. The van der Waals surface area contributed by atoms with E-state index in [1.54, 1.807) is 30.3 Å². The number of nitrogens with zero attached hydrogens (tertiary/aromatic N) is 2. The Morgan fingerprint density at radius 1 is 0.875 bits per heavy atom. The van der Waals surface area contributed by atoms with Crippen molar-refractivity contribution in [2.45, 2.75) is 45.7 Å². The molecule has 0 bridgehead atoms. The summed E-state index contributed by atoms with van der Waals surface area (Å²) in [5, 5.41) is 3.58. The van der Waals surface area contributed by atoms with Gasteiger partial charge in [-0.25, -0.2) is 8.42 Å². The minimum absolute atomic E-state index is 0.0826. The topological polar surface area (TPSA) is 86.8 Å². The number of aryl methyl sites for hydroxylation is 1. The molecule has 40 heavy (non-hydrogen) atoms. The van der Waals surface area contributed by atoms with Crippen molar-refractivity contribution >= 4 is 50.7 Å². The maximum absolute atomic E-state index is 14.1. The normalized spacial score (nSPS) is 12.0. The third-order valence-corrected chi connectivity index (χ3v) is 8.37. The van der Waals surface area contributed by atoms with Crippen LogP contribution in [-0.2, 0) is 39.0 Å². The highest BCUT2D eigenvalue weighted by Crippen LogP contribution is 2.28. The van der Waals surface area contributed by atoms with Gasteiger partial charge in [-0.15, -0.1) is 0 Å². The first kappa shape index (κ1) is 31.5. The summed E-state index contributed by atoms with van der Waals surface area (Å²) in [6, 6.07) is 20.4. The van der Waals surface area contributed by atoms with Crippen LogP contribution in [0.1, 0.15) is 37.0 Å². The second-order valence-corrected chi connectivity index (χ2v) is 12.2. The first-order chi connectivity index (χ1) is 19.0. The molecule has 2 amide bonds. The minimum Gasteiger partial charge on any atom is -0.354 e. The lowest BCUT2D eigenvalue weighted by molar-refractivity contribution is -0.140. The van der Waals surface area contributed by atoms with Crippen molar-refractivity contribution in [2.75, 3.05) is 23.7 Å². The van der Waals surface area contributed by atoms with Gasteiger partial charge in [0.1, 0.15) is 12.6 Å². The predicted molar refractivity (Wildman–Crippen MR) is 162 cm³/mol. The Labute approximate surface area is 247 Å². The van der Waals surface area contributed by atoms with Gasteiger partial charge < -0.3 is 10.2 Å². The first-order valence-electron chi connectivity index (χ1n) is 13.2. The van der Waals surface area contributed by atoms with E-state index in [1.165, 1.54) is 4.90 Å². The van der Waals surface area contributed by atoms with Crippen molar-refractivity contribution in [1.29, 1.82) is 0 Å². The fraction of sp³-hybridized carbons (Fsp3) is 0.333. The lowest BCUT2D eigenvalue weighted by Gasteiger charge is -2.34. The zero-order valence-electron chi connectivity index (χ0n) is 22.9. The first-order valence-corrected chi connectivity index (χ1v) is 15.8. The summed E-state index contributed by atoms with van der Waals surface area (Å²) >= 11 is 13.0. The largest absolute Gasteiger partial charge is 0.354 e. The second kappa shape index (κ2) is 14.5. The van der Waals surface area contributed by atoms with Crippen molar-refractivity contribution in [3.8, 4) is 0 Å².